The minimum atomic E-state index is 0.397. The van der Waals surface area contributed by atoms with E-state index in [1.807, 2.05) is 7.05 Å². The van der Waals surface area contributed by atoms with E-state index in [1.165, 1.54) is 28.8 Å². The maximum atomic E-state index is 4.83. The van der Waals surface area contributed by atoms with Crippen molar-refractivity contribution in [3.05, 3.63) is 52.5 Å². The first kappa shape index (κ1) is 11.0. The highest BCUT2D eigenvalue weighted by atomic mass is 15.0. The fourth-order valence-corrected chi connectivity index (χ4v) is 3.30. The van der Waals surface area contributed by atoms with E-state index in [9.17, 15) is 0 Å². The molecular weight excluding hydrogens is 234 g/mol. The third-order valence-electron chi connectivity index (χ3n) is 4.35. The second-order valence-electron chi connectivity index (χ2n) is 5.41. The van der Waals surface area contributed by atoms with Crippen LogP contribution in [0.5, 0.6) is 0 Å². The molecule has 1 heterocycles. The average Bonchev–Trinajstić information content (AvgIpc) is 2.87. The van der Waals surface area contributed by atoms with Crippen LogP contribution in [0.4, 0.5) is 5.82 Å². The quantitative estimate of drug-likeness (QED) is 0.891. The first-order valence-electron chi connectivity index (χ1n) is 7.02. The Bertz CT molecular complexity index is 648. The Morgan fingerprint density at radius 2 is 2.05 bits per heavy atom. The van der Waals surface area contributed by atoms with Gasteiger partial charge in [0, 0.05) is 24.2 Å². The fourth-order valence-electron chi connectivity index (χ4n) is 3.30. The zero-order chi connectivity index (χ0) is 12.8. The Kier molecular flexibility index (Phi) is 2.34. The van der Waals surface area contributed by atoms with Crippen molar-refractivity contribution >= 4 is 5.82 Å². The third-order valence-corrected chi connectivity index (χ3v) is 4.35. The van der Waals surface area contributed by atoms with Crippen molar-refractivity contribution in [2.45, 2.75) is 31.6 Å². The maximum Gasteiger partial charge on any atom is 0.138 e. The molecule has 0 bridgehead atoms. The van der Waals surface area contributed by atoms with Gasteiger partial charge in [0.1, 0.15) is 11.6 Å². The molecule has 0 fully saturated rings. The van der Waals surface area contributed by atoms with Crippen LogP contribution in [0.2, 0.25) is 0 Å². The van der Waals surface area contributed by atoms with Crippen LogP contribution in [0.25, 0.3) is 0 Å². The summed E-state index contributed by atoms with van der Waals surface area (Å²) in [6.45, 7) is 0. The van der Waals surface area contributed by atoms with Crippen LogP contribution in [-0.4, -0.2) is 17.0 Å². The number of aryl methyl sites for hydroxylation is 1. The lowest BCUT2D eigenvalue weighted by Gasteiger charge is -2.29. The van der Waals surface area contributed by atoms with E-state index in [4.69, 9.17) is 9.97 Å². The van der Waals surface area contributed by atoms with Gasteiger partial charge in [-0.15, -0.1) is 0 Å². The van der Waals surface area contributed by atoms with Crippen LogP contribution in [0.3, 0.4) is 0 Å². The molecule has 1 unspecified atom stereocenters. The summed E-state index contributed by atoms with van der Waals surface area (Å²) in [4.78, 5) is 9.59. The van der Waals surface area contributed by atoms with Crippen molar-refractivity contribution in [2.75, 3.05) is 12.4 Å². The molecule has 96 valence electrons. The van der Waals surface area contributed by atoms with E-state index in [0.717, 1.165) is 30.9 Å². The fraction of sp³-hybridized carbons (Fsp3) is 0.375. The molecule has 2 aliphatic carbocycles. The number of nitrogens with one attached hydrogen (secondary N) is 1. The molecule has 19 heavy (non-hydrogen) atoms. The van der Waals surface area contributed by atoms with Crippen molar-refractivity contribution in [1.82, 2.24) is 9.97 Å². The lowest BCUT2D eigenvalue weighted by molar-refractivity contribution is 0.655. The summed E-state index contributed by atoms with van der Waals surface area (Å²) in [6.07, 6.45) is 4.52. The number of fused-ring (bicyclic) bond motifs is 2. The van der Waals surface area contributed by atoms with E-state index in [0.29, 0.717) is 5.92 Å². The van der Waals surface area contributed by atoms with E-state index in [1.54, 1.807) is 0 Å². The largest absolute Gasteiger partial charge is 0.373 e. The van der Waals surface area contributed by atoms with Crippen molar-refractivity contribution in [1.29, 1.82) is 0 Å². The highest BCUT2D eigenvalue weighted by Crippen LogP contribution is 2.39. The van der Waals surface area contributed by atoms with Crippen molar-refractivity contribution in [2.24, 2.45) is 0 Å². The molecule has 3 heteroatoms. The molecule has 0 aliphatic heterocycles. The zero-order valence-electron chi connectivity index (χ0n) is 11.1. The van der Waals surface area contributed by atoms with Gasteiger partial charge < -0.3 is 5.32 Å². The summed E-state index contributed by atoms with van der Waals surface area (Å²) in [5.41, 5.74) is 5.45. The maximum absolute atomic E-state index is 4.83. The van der Waals surface area contributed by atoms with Gasteiger partial charge >= 0.3 is 0 Å². The lowest BCUT2D eigenvalue weighted by atomic mass is 9.77. The van der Waals surface area contributed by atoms with Gasteiger partial charge in [0.05, 0.1) is 0 Å². The normalized spacial score (nSPS) is 19.5. The molecule has 0 radical (unpaired) electrons. The van der Waals surface area contributed by atoms with Crippen LogP contribution in [-0.2, 0) is 19.3 Å². The molecule has 0 spiro atoms. The average molecular weight is 251 g/mol. The van der Waals surface area contributed by atoms with Crippen LogP contribution in [0, 0.1) is 0 Å². The van der Waals surface area contributed by atoms with E-state index in [2.05, 4.69) is 29.6 Å². The Hall–Kier alpha value is -1.90. The minimum absolute atomic E-state index is 0.397. The van der Waals surface area contributed by atoms with Gasteiger partial charge in [-0.2, -0.15) is 0 Å². The van der Waals surface area contributed by atoms with Gasteiger partial charge in [-0.25, -0.2) is 9.97 Å². The van der Waals surface area contributed by atoms with Crippen molar-refractivity contribution < 1.29 is 0 Å². The van der Waals surface area contributed by atoms with Crippen LogP contribution < -0.4 is 5.32 Å². The predicted octanol–water partition coefficient (Wildman–Crippen LogP) is 2.70. The van der Waals surface area contributed by atoms with Gasteiger partial charge in [-0.1, -0.05) is 24.3 Å². The Labute approximate surface area is 113 Å². The molecule has 1 aromatic carbocycles. The standard InChI is InChI=1S/C16H17N3/c1-17-15-12-7-4-8-14(12)18-16(19-15)13-9-10-5-2-3-6-11(10)13/h2-3,5-6,13H,4,7-9H2,1H3,(H,17,18,19). The second kappa shape index (κ2) is 4.05. The molecule has 1 atom stereocenters. The highest BCUT2D eigenvalue weighted by molar-refractivity contribution is 5.51. The lowest BCUT2D eigenvalue weighted by Crippen LogP contribution is -2.21. The smallest absolute Gasteiger partial charge is 0.138 e. The molecule has 0 saturated heterocycles. The highest BCUT2D eigenvalue weighted by Gasteiger charge is 2.31. The SMILES string of the molecule is CNc1nc(C2Cc3ccccc32)nc2c1CCC2. The first-order chi connectivity index (χ1) is 9.36. The molecule has 3 nitrogen and oxygen atoms in total. The monoisotopic (exact) mass is 251 g/mol. The molecule has 1 N–H and O–H groups in total. The van der Waals surface area contributed by atoms with Gasteiger partial charge in [-0.3, -0.25) is 0 Å². The second-order valence-corrected chi connectivity index (χ2v) is 5.41. The summed E-state index contributed by atoms with van der Waals surface area (Å²) in [6, 6.07) is 8.63. The van der Waals surface area contributed by atoms with Crippen LogP contribution in [0.15, 0.2) is 24.3 Å². The molecule has 0 amide bonds. The van der Waals surface area contributed by atoms with Gasteiger partial charge in [0.15, 0.2) is 0 Å². The number of hydrogen-bond acceptors (Lipinski definition) is 3. The number of aromatic nitrogens is 2. The predicted molar refractivity (Wildman–Crippen MR) is 75.6 cm³/mol. The van der Waals surface area contributed by atoms with Gasteiger partial charge in [0.2, 0.25) is 0 Å². The Morgan fingerprint density at radius 1 is 1.16 bits per heavy atom. The number of benzene rings is 1. The Morgan fingerprint density at radius 3 is 2.89 bits per heavy atom. The van der Waals surface area contributed by atoms with Crippen molar-refractivity contribution in [3.63, 3.8) is 0 Å². The summed E-state index contributed by atoms with van der Waals surface area (Å²) in [7, 11) is 1.96. The van der Waals surface area contributed by atoms with Crippen LogP contribution in [0.1, 0.15) is 40.5 Å². The molecule has 0 saturated carbocycles. The first-order valence-corrected chi connectivity index (χ1v) is 7.02. The number of anilines is 1. The molecule has 1 aromatic heterocycles. The van der Waals surface area contributed by atoms with Crippen molar-refractivity contribution in [3.8, 4) is 0 Å². The third kappa shape index (κ3) is 1.57. The number of nitrogens with zero attached hydrogens (tertiary/aromatic N) is 2. The van der Waals surface area contributed by atoms with Gasteiger partial charge in [0.25, 0.3) is 0 Å². The van der Waals surface area contributed by atoms with E-state index in [-0.39, 0.29) is 0 Å². The number of hydrogen-bond donors (Lipinski definition) is 1. The topological polar surface area (TPSA) is 37.8 Å². The molecule has 4 rings (SSSR count). The van der Waals surface area contributed by atoms with E-state index >= 15 is 0 Å². The zero-order valence-corrected chi connectivity index (χ0v) is 11.1. The summed E-state index contributed by atoms with van der Waals surface area (Å²) in [5.74, 6) is 2.44. The number of rotatable bonds is 2. The molecular formula is C16H17N3. The molecule has 2 aliphatic rings. The Balaban J connectivity index is 1.78. The van der Waals surface area contributed by atoms with Gasteiger partial charge in [-0.05, 0) is 36.8 Å². The van der Waals surface area contributed by atoms with Crippen LogP contribution >= 0.6 is 0 Å². The molecule has 2 aromatic rings. The summed E-state index contributed by atoms with van der Waals surface area (Å²) < 4.78 is 0. The minimum Gasteiger partial charge on any atom is -0.373 e. The van der Waals surface area contributed by atoms with E-state index < -0.39 is 0 Å². The summed E-state index contributed by atoms with van der Waals surface area (Å²) >= 11 is 0. The summed E-state index contributed by atoms with van der Waals surface area (Å²) in [5, 5.41) is 3.24.